The van der Waals surface area contributed by atoms with Crippen molar-refractivity contribution in [2.24, 2.45) is 4.99 Å². The second-order valence-corrected chi connectivity index (χ2v) is 8.58. The van der Waals surface area contributed by atoms with Crippen LogP contribution in [0.4, 0.5) is 0 Å². The van der Waals surface area contributed by atoms with E-state index in [0.29, 0.717) is 5.56 Å². The number of hydrogen-bond acceptors (Lipinski definition) is 2. The molecule has 0 aliphatic heterocycles. The lowest BCUT2D eigenvalue weighted by molar-refractivity contribution is 0.0999. The van der Waals surface area contributed by atoms with Crippen LogP contribution in [0.1, 0.15) is 22.2 Å². The predicted octanol–water partition coefficient (Wildman–Crippen LogP) is 6.20. The van der Waals surface area contributed by atoms with Gasteiger partial charge >= 0.3 is 0 Å². The zero-order valence-electron chi connectivity index (χ0n) is 15.6. The van der Waals surface area contributed by atoms with Crippen molar-refractivity contribution in [3.05, 3.63) is 86.4 Å². The molecule has 5 heteroatoms. The molecule has 0 N–H and O–H groups in total. The molecule has 0 saturated heterocycles. The lowest BCUT2D eigenvalue weighted by atomic mass is 10.0. The van der Waals surface area contributed by atoms with E-state index < -0.39 is 0 Å². The van der Waals surface area contributed by atoms with Gasteiger partial charge in [0.25, 0.3) is 5.91 Å². The van der Waals surface area contributed by atoms with Crippen molar-refractivity contribution in [3.8, 4) is 11.3 Å². The van der Waals surface area contributed by atoms with Crippen LogP contribution in [0, 0.1) is 6.92 Å². The molecule has 0 radical (unpaired) electrons. The van der Waals surface area contributed by atoms with E-state index in [-0.39, 0.29) is 5.91 Å². The van der Waals surface area contributed by atoms with E-state index in [0.717, 1.165) is 42.7 Å². The summed E-state index contributed by atoms with van der Waals surface area (Å²) in [6.07, 6.45) is 0. The number of nitrogens with zero attached hydrogens (tertiary/aromatic N) is 2. The van der Waals surface area contributed by atoms with E-state index in [1.807, 2.05) is 54.6 Å². The lowest BCUT2D eigenvalue weighted by Gasteiger charge is -2.08. The molecule has 3 nitrogen and oxygen atoms in total. The smallest absolute Gasteiger partial charge is 0.280 e. The maximum absolute atomic E-state index is 13.0. The monoisotopic (exact) mass is 450 g/mol. The molecule has 4 rings (SSSR count). The minimum atomic E-state index is -0.206. The van der Waals surface area contributed by atoms with Crippen molar-refractivity contribution >= 4 is 43.9 Å². The molecule has 3 aromatic carbocycles. The van der Waals surface area contributed by atoms with E-state index in [1.54, 1.807) is 11.3 Å². The highest BCUT2D eigenvalue weighted by atomic mass is 79.9. The Bertz CT molecular complexity index is 1230. The minimum Gasteiger partial charge on any atom is -0.316 e. The van der Waals surface area contributed by atoms with Gasteiger partial charge in [-0.25, -0.2) is 0 Å². The summed E-state index contributed by atoms with van der Waals surface area (Å²) in [4.78, 5) is 19.4. The zero-order chi connectivity index (χ0) is 19.7. The first kappa shape index (κ1) is 18.8. The Hall–Kier alpha value is -2.50. The van der Waals surface area contributed by atoms with Crippen LogP contribution >= 0.6 is 27.3 Å². The average molecular weight is 451 g/mol. The number of carbonyl (C=O) groups is 1. The largest absolute Gasteiger partial charge is 0.316 e. The van der Waals surface area contributed by atoms with Crippen molar-refractivity contribution in [1.82, 2.24) is 4.57 Å². The standard InChI is InChI=1S/C23H19BrN2OS/c1-3-26-21(17-11-13-18(24)14-12-17)15(2)28-23(26)25-22(27)20-10-6-8-16-7-4-5-9-19(16)20/h4-14H,3H2,1-2H3. The SMILES string of the molecule is CCn1c(-c2ccc(Br)cc2)c(C)sc1=NC(=O)c1cccc2ccccc12. The molecule has 0 bridgehead atoms. The molecule has 0 spiro atoms. The van der Waals surface area contributed by atoms with Crippen molar-refractivity contribution in [2.45, 2.75) is 20.4 Å². The maximum Gasteiger partial charge on any atom is 0.280 e. The number of rotatable bonds is 3. The van der Waals surface area contributed by atoms with Gasteiger partial charge in [0.2, 0.25) is 0 Å². The molecular weight excluding hydrogens is 432 g/mol. The quantitative estimate of drug-likeness (QED) is 0.365. The van der Waals surface area contributed by atoms with Gasteiger partial charge in [-0.15, -0.1) is 11.3 Å². The number of benzene rings is 3. The van der Waals surface area contributed by atoms with Gasteiger partial charge in [0, 0.05) is 21.5 Å². The molecule has 0 unspecified atom stereocenters. The Kier molecular flexibility index (Phi) is 5.29. The molecule has 1 heterocycles. The second kappa shape index (κ2) is 7.86. The molecule has 0 saturated carbocycles. The normalized spacial score (nSPS) is 11.9. The van der Waals surface area contributed by atoms with Gasteiger partial charge < -0.3 is 4.57 Å². The fourth-order valence-corrected chi connectivity index (χ4v) is 4.75. The summed E-state index contributed by atoms with van der Waals surface area (Å²) in [5.74, 6) is -0.206. The minimum absolute atomic E-state index is 0.206. The van der Waals surface area contributed by atoms with Gasteiger partial charge in [0.15, 0.2) is 4.80 Å². The van der Waals surface area contributed by atoms with Crippen LogP contribution in [-0.2, 0) is 6.54 Å². The first-order valence-corrected chi connectivity index (χ1v) is 10.7. The Labute approximate surface area is 176 Å². The van der Waals surface area contributed by atoms with Crippen LogP contribution in [-0.4, -0.2) is 10.5 Å². The van der Waals surface area contributed by atoms with Crippen molar-refractivity contribution in [3.63, 3.8) is 0 Å². The third kappa shape index (κ3) is 3.48. The summed E-state index contributed by atoms with van der Waals surface area (Å²) >= 11 is 5.04. The van der Waals surface area contributed by atoms with E-state index in [2.05, 4.69) is 51.5 Å². The second-order valence-electron chi connectivity index (χ2n) is 6.48. The molecule has 4 aromatic rings. The van der Waals surface area contributed by atoms with Crippen LogP contribution in [0.5, 0.6) is 0 Å². The molecule has 0 fully saturated rings. The number of halogens is 1. The number of amides is 1. The molecule has 140 valence electrons. The summed E-state index contributed by atoms with van der Waals surface area (Å²) in [5.41, 5.74) is 2.87. The fraction of sp³-hybridized carbons (Fsp3) is 0.130. The van der Waals surface area contributed by atoms with Gasteiger partial charge in [-0.05, 0) is 48.4 Å². The average Bonchev–Trinajstić information content (AvgIpc) is 3.02. The van der Waals surface area contributed by atoms with Crippen LogP contribution in [0.25, 0.3) is 22.0 Å². The Balaban J connectivity index is 1.85. The number of carbonyl (C=O) groups excluding carboxylic acids is 1. The van der Waals surface area contributed by atoms with Gasteiger partial charge in [0.05, 0.1) is 5.69 Å². The number of aryl methyl sites for hydroxylation is 1. The number of thiazole rings is 1. The van der Waals surface area contributed by atoms with Gasteiger partial charge in [-0.2, -0.15) is 4.99 Å². The molecule has 0 aliphatic rings. The molecule has 1 amide bonds. The lowest BCUT2D eigenvalue weighted by Crippen LogP contribution is -2.17. The van der Waals surface area contributed by atoms with Crippen molar-refractivity contribution < 1.29 is 4.79 Å². The molecule has 28 heavy (non-hydrogen) atoms. The maximum atomic E-state index is 13.0. The molecule has 0 aliphatic carbocycles. The first-order chi connectivity index (χ1) is 13.6. The van der Waals surface area contributed by atoms with E-state index >= 15 is 0 Å². The molecule has 1 aromatic heterocycles. The van der Waals surface area contributed by atoms with Gasteiger partial charge in [-0.1, -0.05) is 64.5 Å². The predicted molar refractivity (Wildman–Crippen MR) is 120 cm³/mol. The Morgan fingerprint density at radius 1 is 1.04 bits per heavy atom. The topological polar surface area (TPSA) is 34.4 Å². The van der Waals surface area contributed by atoms with E-state index in [1.165, 1.54) is 0 Å². The van der Waals surface area contributed by atoms with E-state index in [9.17, 15) is 4.79 Å². The summed E-state index contributed by atoms with van der Waals surface area (Å²) in [5, 5.41) is 1.98. The first-order valence-electron chi connectivity index (χ1n) is 9.11. The molecule has 0 atom stereocenters. The third-order valence-electron chi connectivity index (χ3n) is 4.73. The van der Waals surface area contributed by atoms with Crippen LogP contribution < -0.4 is 4.80 Å². The van der Waals surface area contributed by atoms with E-state index in [4.69, 9.17) is 0 Å². The third-order valence-corrected chi connectivity index (χ3v) is 6.25. The fourth-order valence-electron chi connectivity index (χ4n) is 3.43. The summed E-state index contributed by atoms with van der Waals surface area (Å²) in [7, 11) is 0. The van der Waals surface area contributed by atoms with Crippen molar-refractivity contribution in [1.29, 1.82) is 0 Å². The summed E-state index contributed by atoms with van der Waals surface area (Å²) in [6.45, 7) is 4.91. The highest BCUT2D eigenvalue weighted by Gasteiger charge is 2.14. The van der Waals surface area contributed by atoms with Crippen molar-refractivity contribution in [2.75, 3.05) is 0 Å². The van der Waals surface area contributed by atoms with Crippen LogP contribution in [0.3, 0.4) is 0 Å². The van der Waals surface area contributed by atoms with Crippen LogP contribution in [0.15, 0.2) is 76.2 Å². The zero-order valence-corrected chi connectivity index (χ0v) is 18.0. The van der Waals surface area contributed by atoms with Gasteiger partial charge in [-0.3, -0.25) is 4.79 Å². The Morgan fingerprint density at radius 2 is 1.75 bits per heavy atom. The molecular formula is C23H19BrN2OS. The highest BCUT2D eigenvalue weighted by molar-refractivity contribution is 9.10. The summed E-state index contributed by atoms with van der Waals surface area (Å²) in [6, 6.07) is 21.9. The highest BCUT2D eigenvalue weighted by Crippen LogP contribution is 2.27. The Morgan fingerprint density at radius 3 is 2.50 bits per heavy atom. The summed E-state index contributed by atoms with van der Waals surface area (Å²) < 4.78 is 3.16. The number of hydrogen-bond donors (Lipinski definition) is 0. The van der Waals surface area contributed by atoms with Crippen LogP contribution in [0.2, 0.25) is 0 Å². The number of aromatic nitrogens is 1. The number of fused-ring (bicyclic) bond motifs is 1. The van der Waals surface area contributed by atoms with Gasteiger partial charge in [0.1, 0.15) is 0 Å².